The molecular formula is C25H25N5OS. The van der Waals surface area contributed by atoms with E-state index in [-0.39, 0.29) is 11.9 Å². The maximum atomic E-state index is 13.9. The molecule has 0 saturated carbocycles. The Bertz CT molecular complexity index is 1260. The van der Waals surface area contributed by atoms with Crippen LogP contribution in [0.15, 0.2) is 54.7 Å². The first kappa shape index (κ1) is 20.7. The maximum absolute atomic E-state index is 13.9. The summed E-state index contributed by atoms with van der Waals surface area (Å²) in [6.45, 7) is 5.76. The van der Waals surface area contributed by atoms with Gasteiger partial charge in [0.2, 0.25) is 0 Å². The molecule has 7 heteroatoms. The zero-order chi connectivity index (χ0) is 22.1. The fraction of sp³-hybridized carbons (Fsp3) is 0.280. The van der Waals surface area contributed by atoms with Gasteiger partial charge in [0.05, 0.1) is 6.04 Å². The van der Waals surface area contributed by atoms with Crippen LogP contribution in [0, 0.1) is 13.8 Å². The van der Waals surface area contributed by atoms with E-state index >= 15 is 0 Å². The van der Waals surface area contributed by atoms with Gasteiger partial charge in [-0.15, -0.1) is 10.2 Å². The van der Waals surface area contributed by atoms with Crippen molar-refractivity contribution in [1.82, 2.24) is 20.5 Å². The highest BCUT2D eigenvalue weighted by Crippen LogP contribution is 2.32. The average Bonchev–Trinajstić information content (AvgIpc) is 3.26. The van der Waals surface area contributed by atoms with Gasteiger partial charge in [-0.05, 0) is 62.4 Å². The number of carbonyl (C=O) groups is 1. The Morgan fingerprint density at radius 3 is 2.66 bits per heavy atom. The van der Waals surface area contributed by atoms with E-state index in [1.165, 1.54) is 0 Å². The molecule has 3 heterocycles. The number of rotatable bonds is 4. The van der Waals surface area contributed by atoms with Gasteiger partial charge in [-0.2, -0.15) is 0 Å². The van der Waals surface area contributed by atoms with Crippen LogP contribution in [0.2, 0.25) is 0 Å². The summed E-state index contributed by atoms with van der Waals surface area (Å²) < 4.78 is 0. The molecule has 1 amide bonds. The van der Waals surface area contributed by atoms with Crippen LogP contribution in [0.5, 0.6) is 0 Å². The molecule has 0 unspecified atom stereocenters. The van der Waals surface area contributed by atoms with E-state index in [1.807, 2.05) is 48.2 Å². The lowest BCUT2D eigenvalue weighted by atomic mass is 10.0. The summed E-state index contributed by atoms with van der Waals surface area (Å²) in [6.07, 6.45) is 3.78. The molecular weight excluding hydrogens is 418 g/mol. The van der Waals surface area contributed by atoms with Crippen LogP contribution >= 0.6 is 11.3 Å². The predicted octanol–water partition coefficient (Wildman–Crippen LogP) is 4.77. The Labute approximate surface area is 191 Å². The number of aryl methyl sites for hydroxylation is 2. The van der Waals surface area contributed by atoms with Gasteiger partial charge in [-0.3, -0.25) is 9.69 Å². The van der Waals surface area contributed by atoms with Crippen molar-refractivity contribution in [3.05, 3.63) is 70.9 Å². The van der Waals surface area contributed by atoms with E-state index in [4.69, 9.17) is 4.98 Å². The van der Waals surface area contributed by atoms with E-state index in [9.17, 15) is 4.79 Å². The van der Waals surface area contributed by atoms with Gasteiger partial charge in [0.1, 0.15) is 15.8 Å². The SMILES string of the molecule is Cc1nnc(-c2ccc(C(=O)N(c3nccc4cccc(C)c34)[C@@H]3CCCNC3)cc2)s1. The van der Waals surface area contributed by atoms with Crippen molar-refractivity contribution in [2.75, 3.05) is 18.0 Å². The summed E-state index contributed by atoms with van der Waals surface area (Å²) in [6, 6.07) is 15.9. The fourth-order valence-electron chi connectivity index (χ4n) is 4.37. The summed E-state index contributed by atoms with van der Waals surface area (Å²) in [5, 5.41) is 15.7. The second-order valence-corrected chi connectivity index (χ2v) is 9.37. The third-order valence-electron chi connectivity index (χ3n) is 5.97. The van der Waals surface area contributed by atoms with Gasteiger partial charge in [0.15, 0.2) is 0 Å². The number of nitrogens with one attached hydrogen (secondary N) is 1. The number of hydrogen-bond donors (Lipinski definition) is 1. The van der Waals surface area contributed by atoms with Crippen molar-refractivity contribution in [1.29, 1.82) is 0 Å². The van der Waals surface area contributed by atoms with Crippen molar-refractivity contribution in [2.45, 2.75) is 32.7 Å². The maximum Gasteiger partial charge on any atom is 0.259 e. The minimum absolute atomic E-state index is 0.0260. The van der Waals surface area contributed by atoms with Crippen LogP contribution in [0.4, 0.5) is 5.82 Å². The minimum atomic E-state index is -0.0260. The molecule has 0 bridgehead atoms. The number of piperidine rings is 1. The number of aromatic nitrogens is 3. The van der Waals surface area contributed by atoms with Crippen molar-refractivity contribution in [3.63, 3.8) is 0 Å². The summed E-state index contributed by atoms with van der Waals surface area (Å²) in [5.74, 6) is 0.713. The van der Waals surface area contributed by atoms with E-state index in [0.717, 1.165) is 63.7 Å². The van der Waals surface area contributed by atoms with E-state index < -0.39 is 0 Å². The second-order valence-electron chi connectivity index (χ2n) is 8.19. The number of amides is 1. The Morgan fingerprint density at radius 1 is 1.09 bits per heavy atom. The van der Waals surface area contributed by atoms with Crippen molar-refractivity contribution >= 4 is 33.8 Å². The van der Waals surface area contributed by atoms with Gasteiger partial charge in [-0.25, -0.2) is 4.98 Å². The highest BCUT2D eigenvalue weighted by molar-refractivity contribution is 7.14. The van der Waals surface area contributed by atoms with Crippen LogP contribution in [-0.4, -0.2) is 40.2 Å². The summed E-state index contributed by atoms with van der Waals surface area (Å²) in [4.78, 5) is 20.5. The lowest BCUT2D eigenvalue weighted by Gasteiger charge is -2.35. The first-order valence-electron chi connectivity index (χ1n) is 10.9. The highest BCUT2D eigenvalue weighted by Gasteiger charge is 2.30. The number of carbonyl (C=O) groups excluding carboxylic acids is 1. The number of pyridine rings is 1. The number of fused-ring (bicyclic) bond motifs is 1. The number of benzene rings is 2. The quantitative estimate of drug-likeness (QED) is 0.492. The Hall–Kier alpha value is -3.16. The van der Waals surface area contributed by atoms with Crippen LogP contribution < -0.4 is 10.2 Å². The van der Waals surface area contributed by atoms with E-state index in [1.54, 1.807) is 17.5 Å². The lowest BCUT2D eigenvalue weighted by molar-refractivity contribution is 0.0972. The van der Waals surface area contributed by atoms with E-state index in [0.29, 0.717) is 5.56 Å². The Kier molecular flexibility index (Phi) is 5.68. The second kappa shape index (κ2) is 8.76. The third kappa shape index (κ3) is 3.89. The predicted molar refractivity (Wildman–Crippen MR) is 129 cm³/mol. The van der Waals surface area contributed by atoms with Gasteiger partial charge < -0.3 is 5.32 Å². The molecule has 1 saturated heterocycles. The molecule has 5 rings (SSSR count). The Morgan fingerprint density at radius 2 is 1.94 bits per heavy atom. The van der Waals surface area contributed by atoms with Gasteiger partial charge >= 0.3 is 0 Å². The molecule has 0 spiro atoms. The summed E-state index contributed by atoms with van der Waals surface area (Å²) in [5.41, 5.74) is 2.74. The number of anilines is 1. The fourth-order valence-corrected chi connectivity index (χ4v) is 5.06. The topological polar surface area (TPSA) is 71.0 Å². The smallest absolute Gasteiger partial charge is 0.259 e. The van der Waals surface area contributed by atoms with Gasteiger partial charge in [0, 0.05) is 29.3 Å². The van der Waals surface area contributed by atoms with E-state index in [2.05, 4.69) is 34.6 Å². The molecule has 1 fully saturated rings. The molecule has 1 aliphatic heterocycles. The highest BCUT2D eigenvalue weighted by atomic mass is 32.1. The van der Waals surface area contributed by atoms with Crippen LogP contribution in [-0.2, 0) is 0 Å². The summed E-state index contributed by atoms with van der Waals surface area (Å²) >= 11 is 1.55. The molecule has 162 valence electrons. The molecule has 1 N–H and O–H groups in total. The van der Waals surface area contributed by atoms with Crippen molar-refractivity contribution < 1.29 is 4.79 Å². The monoisotopic (exact) mass is 443 g/mol. The standard InChI is InChI=1S/C25H25N5OS/c1-16-5-3-6-18-12-14-27-23(22(16)18)30(21-7-4-13-26-15-21)25(31)20-10-8-19(9-11-20)24-29-28-17(2)32-24/h3,5-6,8-12,14,21,26H,4,7,13,15H2,1-2H3/t21-/m1/s1. The van der Waals surface area contributed by atoms with Gasteiger partial charge in [0.25, 0.3) is 5.91 Å². The minimum Gasteiger partial charge on any atom is -0.315 e. The Balaban J connectivity index is 1.57. The summed E-state index contributed by atoms with van der Waals surface area (Å²) in [7, 11) is 0. The molecule has 4 aromatic rings. The molecule has 2 aromatic heterocycles. The molecule has 1 aliphatic rings. The molecule has 32 heavy (non-hydrogen) atoms. The number of nitrogens with zero attached hydrogens (tertiary/aromatic N) is 4. The number of hydrogen-bond acceptors (Lipinski definition) is 6. The van der Waals surface area contributed by atoms with Crippen LogP contribution in [0.3, 0.4) is 0 Å². The van der Waals surface area contributed by atoms with Crippen molar-refractivity contribution in [2.24, 2.45) is 0 Å². The molecule has 0 aliphatic carbocycles. The van der Waals surface area contributed by atoms with Crippen LogP contribution in [0.1, 0.15) is 33.8 Å². The molecule has 1 atom stereocenters. The third-order valence-corrected chi connectivity index (χ3v) is 6.86. The lowest BCUT2D eigenvalue weighted by Crippen LogP contribution is -2.49. The normalized spacial score (nSPS) is 16.2. The first-order valence-corrected chi connectivity index (χ1v) is 11.7. The van der Waals surface area contributed by atoms with Crippen molar-refractivity contribution in [3.8, 4) is 10.6 Å². The van der Waals surface area contributed by atoms with Gasteiger partial charge in [-0.1, -0.05) is 41.7 Å². The largest absolute Gasteiger partial charge is 0.315 e. The molecule has 0 radical (unpaired) electrons. The molecule has 6 nitrogen and oxygen atoms in total. The zero-order valence-electron chi connectivity index (χ0n) is 18.2. The molecule has 2 aromatic carbocycles. The zero-order valence-corrected chi connectivity index (χ0v) is 19.0. The van der Waals surface area contributed by atoms with Crippen LogP contribution in [0.25, 0.3) is 21.3 Å². The first-order chi connectivity index (χ1) is 15.6. The average molecular weight is 444 g/mol.